The summed E-state index contributed by atoms with van der Waals surface area (Å²) in [6.07, 6.45) is 4.73. The Morgan fingerprint density at radius 3 is 2.25 bits per heavy atom. The molecule has 1 aromatic heterocycles. The number of sulfonamides is 1. The minimum Gasteiger partial charge on any atom is -0.343 e. The molecule has 2 aromatic carbocycles. The molecular weight excluding hydrogens is 422 g/mol. The predicted octanol–water partition coefficient (Wildman–Crippen LogP) is 3.70. The second kappa shape index (κ2) is 10.1. The Labute approximate surface area is 189 Å². The van der Waals surface area contributed by atoms with E-state index in [1.807, 2.05) is 48.5 Å². The van der Waals surface area contributed by atoms with Gasteiger partial charge in [-0.25, -0.2) is 8.42 Å². The number of aromatic nitrogens is 1. The molecule has 0 bridgehead atoms. The van der Waals surface area contributed by atoms with Gasteiger partial charge >= 0.3 is 0 Å². The Kier molecular flexibility index (Phi) is 6.97. The minimum atomic E-state index is -3.47. The van der Waals surface area contributed by atoms with Crippen molar-refractivity contribution in [1.82, 2.24) is 14.6 Å². The van der Waals surface area contributed by atoms with E-state index in [2.05, 4.69) is 10.3 Å². The van der Waals surface area contributed by atoms with Crippen LogP contribution in [0, 0.1) is 0 Å². The molecule has 1 saturated heterocycles. The van der Waals surface area contributed by atoms with E-state index in [-0.39, 0.29) is 23.3 Å². The molecule has 166 valence electrons. The molecule has 4 rings (SSSR count). The Morgan fingerprint density at radius 1 is 0.906 bits per heavy atom. The van der Waals surface area contributed by atoms with Crippen molar-refractivity contribution in [2.45, 2.75) is 36.6 Å². The normalized spacial score (nSPS) is 15.8. The van der Waals surface area contributed by atoms with Crippen molar-refractivity contribution in [2.75, 3.05) is 13.1 Å². The van der Waals surface area contributed by atoms with E-state index in [0.29, 0.717) is 13.1 Å². The third-order valence-corrected chi connectivity index (χ3v) is 7.58. The highest BCUT2D eigenvalue weighted by molar-refractivity contribution is 7.89. The van der Waals surface area contributed by atoms with Crippen molar-refractivity contribution in [2.24, 2.45) is 0 Å². The first-order valence-electron chi connectivity index (χ1n) is 10.9. The zero-order valence-corrected chi connectivity index (χ0v) is 18.7. The zero-order valence-electron chi connectivity index (χ0n) is 17.9. The second-order valence-electron chi connectivity index (χ2n) is 7.95. The van der Waals surface area contributed by atoms with Crippen LogP contribution in [0.15, 0.2) is 83.9 Å². The SMILES string of the molecule is O=C(Cc1ccc(S(=O)(=O)N2CCCCC2)cc1)NC(c1ccccc1)c1ccccn1. The lowest BCUT2D eigenvalue weighted by Gasteiger charge is -2.25. The van der Waals surface area contributed by atoms with E-state index in [1.165, 1.54) is 0 Å². The van der Waals surface area contributed by atoms with Crippen molar-refractivity contribution >= 4 is 15.9 Å². The first-order chi connectivity index (χ1) is 15.5. The number of piperidine rings is 1. The molecule has 0 spiro atoms. The van der Waals surface area contributed by atoms with Crippen LogP contribution in [0.4, 0.5) is 0 Å². The van der Waals surface area contributed by atoms with Crippen molar-refractivity contribution in [1.29, 1.82) is 0 Å². The smallest absolute Gasteiger partial charge is 0.243 e. The number of nitrogens with one attached hydrogen (secondary N) is 1. The predicted molar refractivity (Wildman–Crippen MR) is 123 cm³/mol. The van der Waals surface area contributed by atoms with Crippen molar-refractivity contribution in [3.63, 3.8) is 0 Å². The fraction of sp³-hybridized carbons (Fsp3) is 0.280. The van der Waals surface area contributed by atoms with Crippen LogP contribution < -0.4 is 5.32 Å². The van der Waals surface area contributed by atoms with Crippen LogP contribution in [0.2, 0.25) is 0 Å². The summed E-state index contributed by atoms with van der Waals surface area (Å²) in [7, 11) is -3.47. The van der Waals surface area contributed by atoms with Gasteiger partial charge in [0.05, 0.1) is 23.1 Å². The summed E-state index contributed by atoms with van der Waals surface area (Å²) in [6, 6.07) is 21.6. The Hall–Kier alpha value is -3.03. The van der Waals surface area contributed by atoms with Gasteiger partial charge in [-0.3, -0.25) is 9.78 Å². The molecule has 0 radical (unpaired) electrons. The average Bonchev–Trinajstić information content (AvgIpc) is 2.84. The van der Waals surface area contributed by atoms with Gasteiger partial charge in [-0.1, -0.05) is 55.0 Å². The van der Waals surface area contributed by atoms with Gasteiger partial charge in [-0.05, 0) is 48.2 Å². The fourth-order valence-corrected chi connectivity index (χ4v) is 5.47. The van der Waals surface area contributed by atoms with Crippen molar-refractivity contribution in [3.05, 3.63) is 95.8 Å². The molecule has 7 heteroatoms. The third kappa shape index (κ3) is 5.23. The summed E-state index contributed by atoms with van der Waals surface area (Å²) in [5.74, 6) is -0.156. The van der Waals surface area contributed by atoms with Gasteiger partial charge in [0.1, 0.15) is 0 Å². The maximum Gasteiger partial charge on any atom is 0.243 e. The summed E-state index contributed by atoms with van der Waals surface area (Å²) in [5, 5.41) is 3.07. The number of carbonyl (C=O) groups excluding carboxylic acids is 1. The highest BCUT2D eigenvalue weighted by atomic mass is 32.2. The van der Waals surface area contributed by atoms with Gasteiger partial charge in [0.15, 0.2) is 0 Å². The van der Waals surface area contributed by atoms with Crippen LogP contribution >= 0.6 is 0 Å². The molecule has 2 heterocycles. The van der Waals surface area contributed by atoms with Crippen LogP contribution in [0.3, 0.4) is 0 Å². The summed E-state index contributed by atoms with van der Waals surface area (Å²) in [6.45, 7) is 1.14. The minimum absolute atomic E-state index is 0.153. The first-order valence-corrected chi connectivity index (χ1v) is 12.3. The van der Waals surface area contributed by atoms with Crippen molar-refractivity contribution in [3.8, 4) is 0 Å². The largest absolute Gasteiger partial charge is 0.343 e. The van der Waals surface area contributed by atoms with E-state index in [9.17, 15) is 13.2 Å². The maximum absolute atomic E-state index is 12.8. The number of hydrogen-bond donors (Lipinski definition) is 1. The van der Waals surface area contributed by atoms with Crippen LogP contribution in [-0.2, 0) is 21.2 Å². The van der Waals surface area contributed by atoms with Gasteiger partial charge in [0, 0.05) is 19.3 Å². The van der Waals surface area contributed by atoms with E-state index >= 15 is 0 Å². The number of nitrogens with zero attached hydrogens (tertiary/aromatic N) is 2. The first kappa shape index (κ1) is 22.2. The molecule has 1 unspecified atom stereocenters. The van der Waals surface area contributed by atoms with E-state index in [0.717, 1.165) is 36.1 Å². The molecule has 1 amide bonds. The van der Waals surface area contributed by atoms with Gasteiger partial charge in [-0.15, -0.1) is 0 Å². The number of amides is 1. The molecule has 1 aliphatic heterocycles. The third-order valence-electron chi connectivity index (χ3n) is 5.66. The highest BCUT2D eigenvalue weighted by Gasteiger charge is 2.26. The topological polar surface area (TPSA) is 79.4 Å². The van der Waals surface area contributed by atoms with Crippen LogP contribution in [-0.4, -0.2) is 36.7 Å². The van der Waals surface area contributed by atoms with Gasteiger partial charge < -0.3 is 5.32 Å². The lowest BCUT2D eigenvalue weighted by atomic mass is 10.0. The molecule has 1 N–H and O–H groups in total. The molecule has 1 aliphatic rings. The monoisotopic (exact) mass is 449 g/mol. The average molecular weight is 450 g/mol. The van der Waals surface area contributed by atoms with Crippen LogP contribution in [0.1, 0.15) is 42.1 Å². The van der Waals surface area contributed by atoms with E-state index in [4.69, 9.17) is 0 Å². The molecule has 0 saturated carbocycles. The summed E-state index contributed by atoms with van der Waals surface area (Å²) in [4.78, 5) is 17.5. The Morgan fingerprint density at radius 2 is 1.59 bits per heavy atom. The van der Waals surface area contributed by atoms with Gasteiger partial charge in [-0.2, -0.15) is 4.31 Å². The van der Waals surface area contributed by atoms with Gasteiger partial charge in [0.2, 0.25) is 15.9 Å². The van der Waals surface area contributed by atoms with Gasteiger partial charge in [0.25, 0.3) is 0 Å². The molecule has 32 heavy (non-hydrogen) atoms. The van der Waals surface area contributed by atoms with Crippen molar-refractivity contribution < 1.29 is 13.2 Å². The number of rotatable bonds is 7. The van der Waals surface area contributed by atoms with E-state index < -0.39 is 10.0 Å². The molecular formula is C25H27N3O3S. The van der Waals surface area contributed by atoms with Crippen LogP contribution in [0.25, 0.3) is 0 Å². The van der Waals surface area contributed by atoms with E-state index in [1.54, 1.807) is 34.8 Å². The Balaban J connectivity index is 1.46. The molecule has 0 aliphatic carbocycles. The summed E-state index contributed by atoms with van der Waals surface area (Å²) in [5.41, 5.74) is 2.46. The Bertz CT molecular complexity index is 1090. The lowest BCUT2D eigenvalue weighted by Crippen LogP contribution is -2.35. The number of pyridine rings is 1. The molecule has 3 aromatic rings. The molecule has 1 fully saturated rings. The zero-order chi connectivity index (χ0) is 22.4. The number of carbonyl (C=O) groups is 1. The molecule has 1 atom stereocenters. The quantitative estimate of drug-likeness (QED) is 0.596. The summed E-state index contributed by atoms with van der Waals surface area (Å²) < 4.78 is 27.2. The summed E-state index contributed by atoms with van der Waals surface area (Å²) >= 11 is 0. The number of benzene rings is 2. The maximum atomic E-state index is 12.8. The highest BCUT2D eigenvalue weighted by Crippen LogP contribution is 2.22. The second-order valence-corrected chi connectivity index (χ2v) is 9.89. The van der Waals surface area contributed by atoms with Crippen LogP contribution in [0.5, 0.6) is 0 Å². The fourth-order valence-electron chi connectivity index (χ4n) is 3.95. The lowest BCUT2D eigenvalue weighted by molar-refractivity contribution is -0.121. The molecule has 6 nitrogen and oxygen atoms in total. The number of hydrogen-bond acceptors (Lipinski definition) is 4. The standard InChI is InChI=1S/C25H27N3O3S/c29-24(27-25(21-9-3-1-4-10-21)23-11-5-6-16-26-23)19-20-12-14-22(15-13-20)32(30,31)28-17-7-2-8-18-28/h1,3-6,9-16,25H,2,7-8,17-19H2,(H,27,29).